The Kier molecular flexibility index (Phi) is 2.74. The van der Waals surface area contributed by atoms with E-state index in [-0.39, 0.29) is 0 Å². The molecule has 2 aliphatic rings. The SMILES string of the molecule is Clc1cnccc1NC1CC2CCC(C1)N2. The number of nitrogens with zero attached hydrogens (tertiary/aromatic N) is 1. The van der Waals surface area contributed by atoms with Gasteiger partial charge in [-0.05, 0) is 31.7 Å². The molecule has 2 unspecified atom stereocenters. The van der Waals surface area contributed by atoms with Crippen LogP contribution in [0.2, 0.25) is 5.02 Å². The zero-order chi connectivity index (χ0) is 11.0. The van der Waals surface area contributed by atoms with E-state index in [1.165, 1.54) is 25.7 Å². The summed E-state index contributed by atoms with van der Waals surface area (Å²) >= 11 is 6.09. The van der Waals surface area contributed by atoms with Crippen LogP contribution >= 0.6 is 11.6 Å². The second-order valence-corrected chi connectivity index (χ2v) is 5.21. The Hall–Kier alpha value is -0.800. The average Bonchev–Trinajstić information content (AvgIpc) is 2.62. The lowest BCUT2D eigenvalue weighted by atomic mass is 9.99. The van der Waals surface area contributed by atoms with Crippen LogP contribution in [0.5, 0.6) is 0 Å². The number of pyridine rings is 1. The number of anilines is 1. The summed E-state index contributed by atoms with van der Waals surface area (Å²) in [5.41, 5.74) is 1.02. The number of nitrogens with one attached hydrogen (secondary N) is 2. The van der Waals surface area contributed by atoms with Crippen molar-refractivity contribution in [3.63, 3.8) is 0 Å². The molecule has 3 heterocycles. The molecule has 4 heteroatoms. The van der Waals surface area contributed by atoms with E-state index in [2.05, 4.69) is 15.6 Å². The average molecular weight is 238 g/mol. The van der Waals surface area contributed by atoms with Gasteiger partial charge in [0.05, 0.1) is 10.7 Å². The number of piperidine rings is 1. The molecule has 0 amide bonds. The quantitative estimate of drug-likeness (QED) is 0.830. The highest BCUT2D eigenvalue weighted by Gasteiger charge is 2.33. The van der Waals surface area contributed by atoms with Crippen LogP contribution < -0.4 is 10.6 Å². The van der Waals surface area contributed by atoms with Gasteiger partial charge < -0.3 is 10.6 Å². The molecule has 16 heavy (non-hydrogen) atoms. The van der Waals surface area contributed by atoms with Crippen molar-refractivity contribution in [1.82, 2.24) is 10.3 Å². The summed E-state index contributed by atoms with van der Waals surface area (Å²) in [5.74, 6) is 0. The van der Waals surface area contributed by atoms with E-state index in [9.17, 15) is 0 Å². The predicted octanol–water partition coefficient (Wildman–Crippen LogP) is 2.43. The van der Waals surface area contributed by atoms with Crippen LogP contribution in [0.3, 0.4) is 0 Å². The molecule has 2 N–H and O–H groups in total. The van der Waals surface area contributed by atoms with Gasteiger partial charge in [0.25, 0.3) is 0 Å². The molecule has 3 nitrogen and oxygen atoms in total. The maximum Gasteiger partial charge on any atom is 0.0820 e. The molecule has 0 aliphatic carbocycles. The first-order valence-electron chi connectivity index (χ1n) is 5.93. The van der Waals surface area contributed by atoms with Crippen LogP contribution in [-0.4, -0.2) is 23.1 Å². The van der Waals surface area contributed by atoms with E-state index in [4.69, 9.17) is 11.6 Å². The fourth-order valence-electron chi connectivity index (χ4n) is 2.89. The molecule has 2 aliphatic heterocycles. The van der Waals surface area contributed by atoms with Gasteiger partial charge in [0.1, 0.15) is 0 Å². The molecule has 0 aromatic carbocycles. The van der Waals surface area contributed by atoms with Crippen LogP contribution in [-0.2, 0) is 0 Å². The Balaban J connectivity index is 1.69. The number of rotatable bonds is 2. The van der Waals surface area contributed by atoms with Crippen LogP contribution in [0, 0.1) is 0 Å². The van der Waals surface area contributed by atoms with Gasteiger partial charge >= 0.3 is 0 Å². The summed E-state index contributed by atoms with van der Waals surface area (Å²) < 4.78 is 0. The third-order valence-electron chi connectivity index (χ3n) is 3.61. The third-order valence-corrected chi connectivity index (χ3v) is 3.91. The molecule has 1 aromatic rings. The van der Waals surface area contributed by atoms with Gasteiger partial charge in [0.2, 0.25) is 0 Å². The molecule has 3 rings (SSSR count). The summed E-state index contributed by atoms with van der Waals surface area (Å²) in [5, 5.41) is 7.89. The summed E-state index contributed by atoms with van der Waals surface area (Å²) in [6, 6.07) is 3.92. The first-order valence-corrected chi connectivity index (χ1v) is 6.31. The first-order chi connectivity index (χ1) is 7.81. The fraction of sp³-hybridized carbons (Fsp3) is 0.583. The zero-order valence-corrected chi connectivity index (χ0v) is 9.87. The lowest BCUT2D eigenvalue weighted by molar-refractivity contribution is 0.378. The van der Waals surface area contributed by atoms with Crippen LogP contribution in [0.15, 0.2) is 18.5 Å². The van der Waals surface area contributed by atoms with E-state index < -0.39 is 0 Å². The van der Waals surface area contributed by atoms with E-state index >= 15 is 0 Å². The molecule has 2 fully saturated rings. The third kappa shape index (κ3) is 2.02. The van der Waals surface area contributed by atoms with Crippen molar-refractivity contribution in [2.45, 2.75) is 43.8 Å². The molecule has 0 spiro atoms. The number of hydrogen-bond acceptors (Lipinski definition) is 3. The Labute approximate surface area is 101 Å². The van der Waals surface area contributed by atoms with Crippen LogP contribution in [0.4, 0.5) is 5.69 Å². The van der Waals surface area contributed by atoms with Gasteiger partial charge in [-0.3, -0.25) is 4.98 Å². The molecule has 2 saturated heterocycles. The monoisotopic (exact) mass is 237 g/mol. The van der Waals surface area contributed by atoms with E-state index in [1.54, 1.807) is 12.4 Å². The Morgan fingerprint density at radius 2 is 2.06 bits per heavy atom. The van der Waals surface area contributed by atoms with Crippen molar-refractivity contribution in [2.75, 3.05) is 5.32 Å². The maximum absolute atomic E-state index is 6.09. The van der Waals surface area contributed by atoms with E-state index in [0.717, 1.165) is 5.69 Å². The minimum Gasteiger partial charge on any atom is -0.381 e. The molecular formula is C12H16ClN3. The number of fused-ring (bicyclic) bond motifs is 2. The van der Waals surface area contributed by atoms with Crippen molar-refractivity contribution < 1.29 is 0 Å². The van der Waals surface area contributed by atoms with Crippen molar-refractivity contribution in [2.24, 2.45) is 0 Å². The molecule has 86 valence electrons. The molecule has 0 saturated carbocycles. The largest absolute Gasteiger partial charge is 0.381 e. The Bertz CT molecular complexity index is 370. The highest BCUT2D eigenvalue weighted by molar-refractivity contribution is 6.33. The standard InChI is InChI=1S/C12H16ClN3/c13-11-7-14-4-3-12(11)16-10-5-8-1-2-9(6-10)15-8/h3-4,7-10,15H,1-2,5-6H2,(H,14,16). The smallest absolute Gasteiger partial charge is 0.0820 e. The molecular weight excluding hydrogens is 222 g/mol. The Morgan fingerprint density at radius 1 is 1.31 bits per heavy atom. The zero-order valence-electron chi connectivity index (χ0n) is 9.12. The van der Waals surface area contributed by atoms with Gasteiger partial charge in [-0.15, -0.1) is 0 Å². The van der Waals surface area contributed by atoms with Crippen LogP contribution in [0.25, 0.3) is 0 Å². The minimum absolute atomic E-state index is 0.554. The lowest BCUT2D eigenvalue weighted by Crippen LogP contribution is -2.43. The van der Waals surface area contributed by atoms with Crippen LogP contribution in [0.1, 0.15) is 25.7 Å². The Morgan fingerprint density at radius 3 is 2.75 bits per heavy atom. The fourth-order valence-corrected chi connectivity index (χ4v) is 3.06. The van der Waals surface area contributed by atoms with E-state index in [0.29, 0.717) is 23.1 Å². The summed E-state index contributed by atoms with van der Waals surface area (Å²) in [7, 11) is 0. The normalized spacial score (nSPS) is 32.7. The van der Waals surface area contributed by atoms with Gasteiger partial charge in [-0.1, -0.05) is 11.6 Å². The maximum atomic E-state index is 6.09. The molecule has 0 radical (unpaired) electrons. The minimum atomic E-state index is 0.554. The molecule has 2 bridgehead atoms. The van der Waals surface area contributed by atoms with Gasteiger partial charge in [0, 0.05) is 30.5 Å². The summed E-state index contributed by atoms with van der Waals surface area (Å²) in [6.45, 7) is 0. The topological polar surface area (TPSA) is 37.0 Å². The summed E-state index contributed by atoms with van der Waals surface area (Å²) in [4.78, 5) is 4.00. The summed E-state index contributed by atoms with van der Waals surface area (Å²) in [6.07, 6.45) is 8.54. The second-order valence-electron chi connectivity index (χ2n) is 4.81. The number of aromatic nitrogens is 1. The lowest BCUT2D eigenvalue weighted by Gasteiger charge is -2.30. The van der Waals surface area contributed by atoms with E-state index in [1.807, 2.05) is 6.07 Å². The van der Waals surface area contributed by atoms with Gasteiger partial charge in [-0.2, -0.15) is 0 Å². The van der Waals surface area contributed by atoms with Gasteiger partial charge in [-0.25, -0.2) is 0 Å². The highest BCUT2D eigenvalue weighted by Crippen LogP contribution is 2.30. The van der Waals surface area contributed by atoms with Crippen molar-refractivity contribution in [3.8, 4) is 0 Å². The van der Waals surface area contributed by atoms with Crippen molar-refractivity contribution >= 4 is 17.3 Å². The van der Waals surface area contributed by atoms with Crippen molar-refractivity contribution in [1.29, 1.82) is 0 Å². The number of halogens is 1. The van der Waals surface area contributed by atoms with Gasteiger partial charge in [0.15, 0.2) is 0 Å². The molecule has 2 atom stereocenters. The highest BCUT2D eigenvalue weighted by atomic mass is 35.5. The number of hydrogen-bond donors (Lipinski definition) is 2. The second kappa shape index (κ2) is 4.22. The first kappa shape index (κ1) is 10.4. The molecule has 1 aromatic heterocycles. The van der Waals surface area contributed by atoms with Crippen molar-refractivity contribution in [3.05, 3.63) is 23.5 Å². The predicted molar refractivity (Wildman–Crippen MR) is 65.8 cm³/mol.